The third kappa shape index (κ3) is 47.7. The van der Waals surface area contributed by atoms with Gasteiger partial charge in [-0.2, -0.15) is 40.8 Å². The number of H-pyrrole nitrogens is 3. The van der Waals surface area contributed by atoms with E-state index in [-0.39, 0.29) is 11.6 Å². The molecule has 9 N–H and O–H groups in total. The monoisotopic (exact) mass is 2430 g/mol. The summed E-state index contributed by atoms with van der Waals surface area (Å²) in [5.74, 6) is -1.14. The topological polar surface area (TPSA) is 360 Å². The van der Waals surface area contributed by atoms with Crippen LogP contribution in [0.1, 0.15) is 72.2 Å². The van der Waals surface area contributed by atoms with Gasteiger partial charge in [-0.3, -0.25) is 15.3 Å². The average Bonchev–Trinajstić information content (AvgIpc) is 1.62. The number of rotatable bonds is 24. The maximum Gasteiger partial charge on any atom is 0.497 e. The van der Waals surface area contributed by atoms with Crippen molar-refractivity contribution in [1.29, 1.82) is 0 Å². The van der Waals surface area contributed by atoms with Gasteiger partial charge in [0.25, 0.3) is 0 Å². The van der Waals surface area contributed by atoms with Crippen molar-refractivity contribution in [2.75, 3.05) is 55.8 Å². The van der Waals surface area contributed by atoms with Gasteiger partial charge in [0.2, 0.25) is 15.4 Å². The average molecular weight is 2440 g/mol. The van der Waals surface area contributed by atoms with Gasteiger partial charge >= 0.3 is 7.12 Å². The van der Waals surface area contributed by atoms with Crippen LogP contribution in [0.5, 0.6) is 0 Å². The number of alkyl halides is 2. The molecule has 0 unspecified atom stereocenters. The third-order valence-electron chi connectivity index (χ3n) is 19.3. The molecule has 140 heavy (non-hydrogen) atoms. The van der Waals surface area contributed by atoms with Crippen LogP contribution in [-0.2, 0) is 41.7 Å². The van der Waals surface area contributed by atoms with Crippen LogP contribution in [-0.4, -0.2) is 189 Å². The summed E-state index contributed by atoms with van der Waals surface area (Å²) in [6.07, 6.45) is 25.6. The number of nitrogen functional groups attached to an aromatic ring is 3. The molecule has 3 aromatic carbocycles. The van der Waals surface area contributed by atoms with Crippen LogP contribution in [0.15, 0.2) is 185 Å². The molecule has 16 rings (SSSR count). The first-order chi connectivity index (χ1) is 65.7. The van der Waals surface area contributed by atoms with Gasteiger partial charge in [-0.05, 0) is 258 Å². The molecule has 0 aliphatic carbocycles. The Morgan fingerprint density at radius 1 is 0.429 bits per heavy atom. The fourth-order valence-corrected chi connectivity index (χ4v) is 17.3. The van der Waals surface area contributed by atoms with E-state index in [1.807, 2.05) is 157 Å². The largest absolute Gasteiger partial charge is 0.497 e. The molecule has 0 spiro atoms. The summed E-state index contributed by atoms with van der Waals surface area (Å²) in [4.78, 5) is 16.3. The van der Waals surface area contributed by atoms with E-state index in [1.54, 1.807) is 116 Å². The van der Waals surface area contributed by atoms with Crippen molar-refractivity contribution in [2.24, 2.45) is 0 Å². The number of aromatic amines is 3. The van der Waals surface area contributed by atoms with Crippen LogP contribution in [0.4, 0.5) is 30.2 Å². The van der Waals surface area contributed by atoms with Gasteiger partial charge in [-0.1, -0.05) is 108 Å². The molecule has 1 aliphatic heterocycles. The minimum absolute atomic E-state index is 0.338. The summed E-state index contributed by atoms with van der Waals surface area (Å²) in [6, 6.07) is 19.3. The van der Waals surface area contributed by atoms with Gasteiger partial charge in [0.15, 0.2) is 3.92 Å². The first kappa shape index (κ1) is 123. The highest BCUT2D eigenvalue weighted by atomic mass is 79.9. The second kappa shape index (κ2) is 61.2. The lowest BCUT2D eigenvalue weighted by Crippen LogP contribution is -2.41. The van der Waals surface area contributed by atoms with E-state index in [1.165, 1.54) is 76.2 Å². The van der Waals surface area contributed by atoms with Crippen molar-refractivity contribution in [1.82, 2.24) is 99.4 Å². The van der Waals surface area contributed by atoms with Gasteiger partial charge in [-0.15, -0.1) is 45.3 Å². The van der Waals surface area contributed by atoms with Crippen LogP contribution < -0.4 is 22.7 Å². The smallest absolute Gasteiger partial charge is 0.399 e. The standard InChI is InChI=1S/2C13H11FN4S.C12H17BFNO2.C10H19BrN2OSi.C10H20N2OSi.C7H6BrN3S.2C6H15ClOSi.2C4H5BrN2.C4H6N2.C3H2BrNS/c2*1-8-7-18(13-16-4-5-19-13)17-12(8)10-3-2-9(15)6-11(10)14;1-11(2)12(3,4)17-13(16-11)9-6-5-8(15)7-10(9)14;1-9-7-13(12-10(9)11)8-14-5-6-15(2,3)4;1-10-7-11-12(8-10)9-13-5-6-14(2,3)4;1-5-4-11(10-6(5)8)7-9-2-3-12-7;2*1-9(2,3)5-4-8-6-7;2*1-3-2-6-7-4(3)5;1-4-2-5-6-3-4;4-3-5-1-2-6-3/h2*2-7H,15H2,1H3;5-7H,15H2,1-4H3;7H,5-6,8H2,1-4H3;7-8H,5-6,9H2,1-4H3;2-4H,1H3;2*4-6H2,1-3H3;2*2H,1H3,(H,6,7);2-3H,1H3,(H,5,6);1-2H. The van der Waals surface area contributed by atoms with Crippen LogP contribution >= 0.6 is 148 Å². The summed E-state index contributed by atoms with van der Waals surface area (Å²) in [7, 11) is -4.35. The molecule has 0 radical (unpaired) electrons. The molecule has 12 aromatic heterocycles. The van der Waals surface area contributed by atoms with Crippen molar-refractivity contribution >= 4 is 210 Å². The third-order valence-corrected chi connectivity index (χ3v) is 33.2. The zero-order valence-corrected chi connectivity index (χ0v) is 101. The molecule has 1 fully saturated rings. The lowest BCUT2D eigenvalue weighted by molar-refractivity contribution is 0.00578. The van der Waals surface area contributed by atoms with E-state index < -0.39 is 56.4 Å². The van der Waals surface area contributed by atoms with Gasteiger partial charge in [0.05, 0.1) is 47.4 Å². The number of anilines is 3. The van der Waals surface area contributed by atoms with Crippen molar-refractivity contribution in [2.45, 2.75) is 210 Å². The summed E-state index contributed by atoms with van der Waals surface area (Å²) >= 11 is 33.2. The molecule has 0 bridgehead atoms. The molecule has 0 amide bonds. The van der Waals surface area contributed by atoms with E-state index in [0.717, 1.165) is 97.5 Å². The minimum Gasteiger partial charge on any atom is -0.399 e. The zero-order valence-electron chi connectivity index (χ0n) is 83.8. The number of hydrogen-bond donors (Lipinski definition) is 6. The van der Waals surface area contributed by atoms with Crippen molar-refractivity contribution in [3.05, 3.63) is 247 Å². The normalized spacial score (nSPS) is 12.2. The summed E-state index contributed by atoms with van der Waals surface area (Å²) in [6.45, 7) is 56.1. The number of benzene rings is 3. The van der Waals surface area contributed by atoms with Crippen molar-refractivity contribution in [3.8, 4) is 37.9 Å². The molecule has 48 heteroatoms. The number of thiazole rings is 4. The second-order valence-corrected chi connectivity index (χ2v) is 68.2. The number of aryl methyl sites for hydroxylation is 8. The highest BCUT2D eigenvalue weighted by Crippen LogP contribution is 2.37. The fourth-order valence-electron chi connectivity index (χ4n) is 10.5. The molecule has 1 saturated heterocycles. The van der Waals surface area contributed by atoms with Crippen molar-refractivity contribution < 1.29 is 41.4 Å². The van der Waals surface area contributed by atoms with Crippen LogP contribution in [0, 0.1) is 72.8 Å². The lowest BCUT2D eigenvalue weighted by atomic mass is 9.78. The van der Waals surface area contributed by atoms with Crippen LogP contribution in [0.2, 0.25) is 103 Å². The summed E-state index contributed by atoms with van der Waals surface area (Å²) in [5, 5.41) is 50.8. The number of nitrogens with zero attached hydrogens (tertiary/aromatic N) is 17. The predicted molar refractivity (Wildman–Crippen MR) is 600 cm³/mol. The zero-order chi connectivity index (χ0) is 104. The molecule has 1 aliphatic rings. The molecule has 764 valence electrons. The minimum atomic E-state index is -0.965. The second-order valence-electron chi connectivity index (χ2n) is 37.4. The molecule has 0 saturated carbocycles. The van der Waals surface area contributed by atoms with Crippen LogP contribution in [0.25, 0.3) is 37.9 Å². The Morgan fingerprint density at radius 3 is 1.09 bits per heavy atom. The molecular formula is C92H132BBr5Cl2F3N23O6S4Si4. The van der Waals surface area contributed by atoms with E-state index in [4.69, 9.17) is 68.7 Å². The predicted octanol–water partition coefficient (Wildman–Crippen LogP) is 26.6. The molecule has 15 aromatic rings. The molecule has 29 nitrogen and oxygen atoms in total. The quantitative estimate of drug-likeness (QED) is 0.0142. The van der Waals surface area contributed by atoms with Gasteiger partial charge in [0.1, 0.15) is 61.5 Å². The number of nitrogens with one attached hydrogen (secondary N) is 3. The SMILES string of the molecule is Brc1nccs1.CC1(C)OB(c2ccc(N)cc2F)OC1(C)C.C[Si](C)(C)CCOCCl.C[Si](C)(C)CCOCCl.Cc1cn(-c2nccs2)nc1-c1ccc(N)cc1F.Cc1cn(-c2nccs2)nc1-c1ccc(N)cc1F.Cc1cn(-c2nccs2)nc1Br.Cc1cn(COCC[Si](C)(C)C)nc1Br.Cc1cn[nH]c1.Cc1cn[nH]c1Br.Cc1cn[nH]c1Br.Cc1cnn(COCC[Si](C)(C)C)c1. The first-order valence-electron chi connectivity index (χ1n) is 44.2. The molecule has 0 atom stereocenters. The van der Waals surface area contributed by atoms with Gasteiger partial charge < -0.3 is 45.5 Å². The lowest BCUT2D eigenvalue weighted by Gasteiger charge is -2.32. The maximum atomic E-state index is 13.9. The van der Waals surface area contributed by atoms with E-state index >= 15 is 0 Å². The fraction of sp³-hybridized carbons (Fsp3) is 0.413. The van der Waals surface area contributed by atoms with E-state index in [0.29, 0.717) is 70.6 Å². The van der Waals surface area contributed by atoms with Gasteiger partial charge in [-0.25, -0.2) is 56.5 Å². The Balaban J connectivity index is 0.000000274. The summed E-state index contributed by atoms with van der Waals surface area (Å²) < 4.78 is 87.7. The number of aromatic nitrogens is 20. The molecule has 13 heterocycles. The Hall–Kier alpha value is -7.28. The maximum absolute atomic E-state index is 13.9. The highest BCUT2D eigenvalue weighted by molar-refractivity contribution is 9.11. The molecular weight excluding hydrogens is 2300 g/mol. The number of ether oxygens (including phenoxy) is 4. The Labute approximate surface area is 893 Å². The van der Waals surface area contributed by atoms with Crippen LogP contribution in [0.3, 0.4) is 0 Å². The first-order valence-corrected chi connectivity index (χ1v) is 67.5. The van der Waals surface area contributed by atoms with Crippen molar-refractivity contribution in [3.63, 3.8) is 0 Å². The Bertz CT molecular complexity index is 5680. The number of hydrogen-bond acceptors (Lipinski definition) is 25. The number of halogens is 10. The summed E-state index contributed by atoms with van der Waals surface area (Å²) in [5.41, 5.74) is 28.0. The van der Waals surface area contributed by atoms with Gasteiger partial charge in [0, 0.05) is 198 Å². The highest BCUT2D eigenvalue weighted by Gasteiger charge is 2.52. The van der Waals surface area contributed by atoms with E-state index in [9.17, 15) is 13.2 Å². The Kier molecular flexibility index (Phi) is 53.9. The number of nitrogens with two attached hydrogens (primary N) is 3. The van der Waals surface area contributed by atoms with E-state index in [2.05, 4.69) is 234 Å². The Morgan fingerprint density at radius 2 is 0.807 bits per heavy atom.